The molecule has 13 heavy (non-hydrogen) atoms. The monoisotopic (exact) mass is 339 g/mol. The van der Waals surface area contributed by atoms with E-state index in [1.807, 2.05) is 0 Å². The van der Waals surface area contributed by atoms with Gasteiger partial charge < -0.3 is 15.3 Å². The van der Waals surface area contributed by atoms with Gasteiger partial charge in [0.25, 0.3) is 0 Å². The molecule has 87 valence electrons. The molecule has 0 aliphatic rings. The van der Waals surface area contributed by atoms with Gasteiger partial charge in [0, 0.05) is 56.9 Å². The number of hydrogen-bond donors (Lipinski definition) is 3. The number of aliphatic hydroxyl groups is 3. The van der Waals surface area contributed by atoms with E-state index in [1.165, 1.54) is 0 Å². The Labute approximate surface area is 113 Å². The van der Waals surface area contributed by atoms with Gasteiger partial charge in [0.1, 0.15) is 0 Å². The second-order valence-electron chi connectivity index (χ2n) is 3.28. The van der Waals surface area contributed by atoms with Crippen LogP contribution in [0, 0.1) is 38.6 Å². The minimum absolute atomic E-state index is 0. The Morgan fingerprint density at radius 2 is 0.538 bits per heavy atom. The quantitative estimate of drug-likeness (QED) is 0.621. The number of hydrogen-bond acceptors (Lipinski definition) is 3. The molecule has 0 heterocycles. The average Bonchev–Trinajstić information content (AvgIpc) is 1.54. The van der Waals surface area contributed by atoms with E-state index >= 15 is 0 Å². The van der Waals surface area contributed by atoms with E-state index in [0.29, 0.717) is 0 Å². The zero-order valence-electron chi connectivity index (χ0n) is 9.41. The van der Waals surface area contributed by atoms with Crippen LogP contribution in [0.3, 0.4) is 0 Å². The molecule has 0 aromatic rings. The van der Waals surface area contributed by atoms with Gasteiger partial charge in [0.05, 0.1) is 0 Å². The van der Waals surface area contributed by atoms with Crippen LogP contribution in [0.2, 0.25) is 0 Å². The molecule has 0 fully saturated rings. The average molecular weight is 339 g/mol. The van der Waals surface area contributed by atoms with Gasteiger partial charge in [-0.2, -0.15) is 0 Å². The van der Waals surface area contributed by atoms with Crippen LogP contribution >= 0.6 is 0 Å². The molecule has 4 heteroatoms. The summed E-state index contributed by atoms with van der Waals surface area (Å²) in [6, 6.07) is 0. The van der Waals surface area contributed by atoms with Crippen molar-refractivity contribution >= 4 is 0 Å². The van der Waals surface area contributed by atoms with E-state index in [-0.39, 0.29) is 56.9 Å². The first-order valence-electron chi connectivity index (χ1n) is 4.24. The molecular formula is C9H24O3Tb. The third kappa shape index (κ3) is 1210. The Bertz CT molecular complexity index is 43.4. The van der Waals surface area contributed by atoms with Crippen molar-refractivity contribution in [1.82, 2.24) is 0 Å². The van der Waals surface area contributed by atoms with Gasteiger partial charge in [-0.1, -0.05) is 0 Å². The summed E-state index contributed by atoms with van der Waals surface area (Å²) in [5, 5.41) is 24.2. The topological polar surface area (TPSA) is 60.7 Å². The van der Waals surface area contributed by atoms with Crippen molar-refractivity contribution in [1.29, 1.82) is 0 Å². The van der Waals surface area contributed by atoms with Gasteiger partial charge in [-0.05, 0) is 41.5 Å². The van der Waals surface area contributed by atoms with Gasteiger partial charge >= 0.3 is 0 Å². The van der Waals surface area contributed by atoms with Gasteiger partial charge in [-0.3, -0.25) is 0 Å². The molecule has 0 aromatic carbocycles. The third-order valence-electron chi connectivity index (χ3n) is 0. The first-order valence-corrected chi connectivity index (χ1v) is 4.24. The van der Waals surface area contributed by atoms with Crippen LogP contribution in [0.25, 0.3) is 0 Å². The summed E-state index contributed by atoms with van der Waals surface area (Å²) in [4.78, 5) is 0. The Morgan fingerprint density at radius 1 is 0.538 bits per heavy atom. The fourth-order valence-electron chi connectivity index (χ4n) is 0. The molecule has 0 saturated carbocycles. The predicted octanol–water partition coefficient (Wildman–Crippen LogP) is 1.16. The summed E-state index contributed by atoms with van der Waals surface area (Å²) in [5.41, 5.74) is 0. The normalized spacial score (nSPS) is 8.31. The van der Waals surface area contributed by atoms with Gasteiger partial charge in [0.2, 0.25) is 0 Å². The van der Waals surface area contributed by atoms with Gasteiger partial charge in [-0.15, -0.1) is 0 Å². The van der Waals surface area contributed by atoms with E-state index in [2.05, 4.69) is 0 Å². The zero-order chi connectivity index (χ0) is 10.7. The zero-order valence-corrected chi connectivity index (χ0v) is 11.5. The molecule has 0 rings (SSSR count). The largest absolute Gasteiger partial charge is 0.394 e. The second kappa shape index (κ2) is 18.9. The fraction of sp³-hybridized carbons (Fsp3) is 1.00. The minimum Gasteiger partial charge on any atom is -0.394 e. The predicted molar refractivity (Wildman–Crippen MR) is 52.1 cm³/mol. The van der Waals surface area contributed by atoms with Crippen LogP contribution < -0.4 is 0 Å². The molecule has 0 aliphatic heterocycles. The first-order chi connectivity index (χ1) is 5.20. The maximum Gasteiger partial charge on any atom is 0.0483 e. The Hall–Kier alpha value is 1.17. The van der Waals surface area contributed by atoms with Crippen molar-refractivity contribution in [2.24, 2.45) is 0 Å². The summed E-state index contributed by atoms with van der Waals surface area (Å²) in [7, 11) is 0. The van der Waals surface area contributed by atoms with Crippen molar-refractivity contribution in [2.45, 2.75) is 59.9 Å². The molecule has 1 radical (unpaired) electrons. The van der Waals surface area contributed by atoms with Gasteiger partial charge in [-0.25, -0.2) is 0 Å². The summed E-state index contributed by atoms with van der Waals surface area (Å²) < 4.78 is 0. The molecule has 0 saturated heterocycles. The number of aliphatic hydroxyl groups excluding tert-OH is 3. The Morgan fingerprint density at radius 3 is 0.538 bits per heavy atom. The first kappa shape index (κ1) is 23.8. The van der Waals surface area contributed by atoms with E-state index < -0.39 is 0 Å². The Kier molecular flexibility index (Phi) is 34.5. The van der Waals surface area contributed by atoms with Crippen LogP contribution in [-0.4, -0.2) is 33.6 Å². The fourth-order valence-corrected chi connectivity index (χ4v) is 0. The molecule has 0 atom stereocenters. The van der Waals surface area contributed by atoms with Crippen molar-refractivity contribution in [2.75, 3.05) is 0 Å². The standard InChI is InChI=1S/3C3H8O.Tb/c3*1-3(2)4;/h3*3-4H,1-2H3;. The second-order valence-corrected chi connectivity index (χ2v) is 3.28. The third-order valence-corrected chi connectivity index (χ3v) is 0. The summed E-state index contributed by atoms with van der Waals surface area (Å²) in [6.45, 7) is 10.3. The molecule has 3 nitrogen and oxygen atoms in total. The van der Waals surface area contributed by atoms with Gasteiger partial charge in [0.15, 0.2) is 0 Å². The van der Waals surface area contributed by atoms with E-state index in [9.17, 15) is 0 Å². The van der Waals surface area contributed by atoms with Crippen LogP contribution in [0.5, 0.6) is 0 Å². The number of rotatable bonds is 0. The maximum atomic E-state index is 8.06. The van der Waals surface area contributed by atoms with E-state index in [4.69, 9.17) is 15.3 Å². The van der Waals surface area contributed by atoms with Crippen molar-refractivity contribution in [3.05, 3.63) is 0 Å². The van der Waals surface area contributed by atoms with Crippen molar-refractivity contribution in [3.8, 4) is 0 Å². The SMILES string of the molecule is CC(C)O.CC(C)O.CC(C)O.[Tb]. The Balaban J connectivity index is -0.0000000450. The van der Waals surface area contributed by atoms with Crippen LogP contribution in [0.4, 0.5) is 0 Å². The smallest absolute Gasteiger partial charge is 0.0483 e. The molecule has 0 bridgehead atoms. The molecular weight excluding hydrogens is 315 g/mol. The molecule has 3 N–H and O–H groups in total. The molecule has 0 unspecified atom stereocenters. The summed E-state index contributed by atoms with van der Waals surface area (Å²) in [5.74, 6) is 0. The van der Waals surface area contributed by atoms with Crippen LogP contribution in [0.15, 0.2) is 0 Å². The van der Waals surface area contributed by atoms with E-state index in [1.54, 1.807) is 41.5 Å². The van der Waals surface area contributed by atoms with E-state index in [0.717, 1.165) is 0 Å². The minimum atomic E-state index is -0.167. The summed E-state index contributed by atoms with van der Waals surface area (Å²) >= 11 is 0. The van der Waals surface area contributed by atoms with Crippen molar-refractivity contribution in [3.63, 3.8) is 0 Å². The van der Waals surface area contributed by atoms with Crippen LogP contribution in [-0.2, 0) is 0 Å². The van der Waals surface area contributed by atoms with Crippen LogP contribution in [0.1, 0.15) is 41.5 Å². The van der Waals surface area contributed by atoms with Crippen molar-refractivity contribution < 1.29 is 53.9 Å². The molecule has 0 aromatic heterocycles. The molecule has 0 spiro atoms. The molecule has 0 aliphatic carbocycles. The molecule has 0 amide bonds. The maximum absolute atomic E-state index is 8.06. The summed E-state index contributed by atoms with van der Waals surface area (Å²) in [6.07, 6.45) is -0.500.